The lowest BCUT2D eigenvalue weighted by Gasteiger charge is -2.13. The van der Waals surface area contributed by atoms with Crippen molar-refractivity contribution in [2.45, 2.75) is 31.9 Å². The zero-order valence-electron chi connectivity index (χ0n) is 7.56. The van der Waals surface area contributed by atoms with E-state index in [1.807, 2.05) is 0 Å². The van der Waals surface area contributed by atoms with Gasteiger partial charge in [0.15, 0.2) is 5.82 Å². The molecule has 1 aromatic rings. The van der Waals surface area contributed by atoms with E-state index in [9.17, 15) is 0 Å². The first kappa shape index (κ1) is 8.65. The summed E-state index contributed by atoms with van der Waals surface area (Å²) in [5.41, 5.74) is 5.89. The average molecular weight is 183 g/mol. The fourth-order valence-corrected chi connectivity index (χ4v) is 1.49. The Labute approximate surface area is 76.3 Å². The van der Waals surface area contributed by atoms with E-state index in [1.54, 1.807) is 6.92 Å². The molecule has 2 rings (SSSR count). The molecular formula is C8H13N3O2. The van der Waals surface area contributed by atoms with Crippen molar-refractivity contribution in [1.29, 1.82) is 0 Å². The SMILES string of the molecule is Cc1noc(C(N)C2CCCO2)n1. The molecule has 0 aromatic carbocycles. The molecule has 72 valence electrons. The number of hydrogen-bond donors (Lipinski definition) is 1. The van der Waals surface area contributed by atoms with Crippen LogP contribution in [-0.2, 0) is 4.74 Å². The minimum atomic E-state index is -0.274. The van der Waals surface area contributed by atoms with Gasteiger partial charge in [-0.15, -0.1) is 0 Å². The number of nitrogens with two attached hydrogens (primary N) is 1. The van der Waals surface area contributed by atoms with E-state index in [1.165, 1.54) is 0 Å². The standard InChI is InChI=1S/C8H13N3O2/c1-5-10-8(13-11-5)7(9)6-3-2-4-12-6/h6-7H,2-4,9H2,1H3. The minimum absolute atomic E-state index is 0.0415. The maximum absolute atomic E-state index is 5.89. The summed E-state index contributed by atoms with van der Waals surface area (Å²) in [5.74, 6) is 1.09. The zero-order valence-corrected chi connectivity index (χ0v) is 7.56. The van der Waals surface area contributed by atoms with Crippen LogP contribution in [0.1, 0.15) is 30.6 Å². The van der Waals surface area contributed by atoms with Gasteiger partial charge in [-0.1, -0.05) is 5.16 Å². The Hall–Kier alpha value is -0.940. The van der Waals surface area contributed by atoms with Gasteiger partial charge in [-0.25, -0.2) is 0 Å². The van der Waals surface area contributed by atoms with E-state index >= 15 is 0 Å². The third kappa shape index (κ3) is 1.71. The van der Waals surface area contributed by atoms with Gasteiger partial charge in [0.2, 0.25) is 5.89 Å². The lowest BCUT2D eigenvalue weighted by atomic mass is 10.1. The van der Waals surface area contributed by atoms with Crippen LogP contribution in [0.5, 0.6) is 0 Å². The zero-order chi connectivity index (χ0) is 9.26. The van der Waals surface area contributed by atoms with Gasteiger partial charge in [0, 0.05) is 6.61 Å². The van der Waals surface area contributed by atoms with Crippen LogP contribution in [0.3, 0.4) is 0 Å². The summed E-state index contributed by atoms with van der Waals surface area (Å²) in [6.45, 7) is 2.56. The summed E-state index contributed by atoms with van der Waals surface area (Å²) in [7, 11) is 0. The van der Waals surface area contributed by atoms with Crippen molar-refractivity contribution in [1.82, 2.24) is 10.1 Å². The van der Waals surface area contributed by atoms with Crippen LogP contribution in [0.2, 0.25) is 0 Å². The third-order valence-corrected chi connectivity index (χ3v) is 2.19. The average Bonchev–Trinajstić information content (AvgIpc) is 2.72. The molecule has 5 heteroatoms. The first-order chi connectivity index (χ1) is 6.27. The number of nitrogens with zero attached hydrogens (tertiary/aromatic N) is 2. The van der Waals surface area contributed by atoms with Crippen molar-refractivity contribution in [3.05, 3.63) is 11.7 Å². The Morgan fingerprint density at radius 1 is 1.62 bits per heavy atom. The monoisotopic (exact) mass is 183 g/mol. The molecule has 1 fully saturated rings. The number of aromatic nitrogens is 2. The van der Waals surface area contributed by atoms with Crippen LogP contribution in [-0.4, -0.2) is 22.9 Å². The van der Waals surface area contributed by atoms with E-state index in [0.717, 1.165) is 19.4 Å². The van der Waals surface area contributed by atoms with Gasteiger partial charge in [0.05, 0.1) is 6.10 Å². The topological polar surface area (TPSA) is 74.2 Å². The first-order valence-electron chi connectivity index (χ1n) is 4.45. The Morgan fingerprint density at radius 2 is 2.46 bits per heavy atom. The van der Waals surface area contributed by atoms with E-state index in [-0.39, 0.29) is 12.1 Å². The number of ether oxygens (including phenoxy) is 1. The largest absolute Gasteiger partial charge is 0.376 e. The molecule has 5 nitrogen and oxygen atoms in total. The Morgan fingerprint density at radius 3 is 3.00 bits per heavy atom. The maximum Gasteiger partial charge on any atom is 0.246 e. The molecule has 1 saturated heterocycles. The molecule has 0 saturated carbocycles. The van der Waals surface area contributed by atoms with Gasteiger partial charge < -0.3 is 15.0 Å². The molecular weight excluding hydrogens is 170 g/mol. The molecule has 2 atom stereocenters. The highest BCUT2D eigenvalue weighted by Gasteiger charge is 2.27. The Bertz CT molecular complexity index is 281. The van der Waals surface area contributed by atoms with Gasteiger partial charge in [0.25, 0.3) is 0 Å². The second-order valence-corrected chi connectivity index (χ2v) is 3.26. The second-order valence-electron chi connectivity index (χ2n) is 3.26. The van der Waals surface area contributed by atoms with Crippen molar-refractivity contribution >= 4 is 0 Å². The summed E-state index contributed by atoms with van der Waals surface area (Å²) in [4.78, 5) is 4.07. The summed E-state index contributed by atoms with van der Waals surface area (Å²) >= 11 is 0. The van der Waals surface area contributed by atoms with Crippen molar-refractivity contribution in [3.63, 3.8) is 0 Å². The van der Waals surface area contributed by atoms with Gasteiger partial charge >= 0.3 is 0 Å². The fourth-order valence-electron chi connectivity index (χ4n) is 1.49. The molecule has 1 aromatic heterocycles. The Balaban J connectivity index is 2.07. The lowest BCUT2D eigenvalue weighted by molar-refractivity contribution is 0.0801. The number of rotatable bonds is 2. The van der Waals surface area contributed by atoms with Crippen molar-refractivity contribution in [3.8, 4) is 0 Å². The molecule has 1 aliphatic rings. The minimum Gasteiger partial charge on any atom is -0.376 e. The molecule has 2 unspecified atom stereocenters. The van der Waals surface area contributed by atoms with Crippen LogP contribution >= 0.6 is 0 Å². The predicted molar refractivity (Wildman–Crippen MR) is 44.9 cm³/mol. The van der Waals surface area contributed by atoms with Gasteiger partial charge in [-0.2, -0.15) is 4.98 Å². The molecule has 0 radical (unpaired) electrons. The van der Waals surface area contributed by atoms with E-state index in [2.05, 4.69) is 10.1 Å². The third-order valence-electron chi connectivity index (χ3n) is 2.19. The quantitative estimate of drug-likeness (QED) is 0.725. The molecule has 2 heterocycles. The highest BCUT2D eigenvalue weighted by atomic mass is 16.5. The van der Waals surface area contributed by atoms with Gasteiger partial charge in [-0.05, 0) is 19.8 Å². The van der Waals surface area contributed by atoms with Crippen molar-refractivity contribution < 1.29 is 9.26 Å². The van der Waals surface area contributed by atoms with E-state index in [4.69, 9.17) is 15.0 Å². The molecule has 2 N–H and O–H groups in total. The molecule has 0 amide bonds. The highest BCUT2D eigenvalue weighted by Crippen LogP contribution is 2.23. The summed E-state index contributed by atoms with van der Waals surface area (Å²) in [5, 5.41) is 3.69. The lowest BCUT2D eigenvalue weighted by Crippen LogP contribution is -2.25. The van der Waals surface area contributed by atoms with E-state index < -0.39 is 0 Å². The molecule has 1 aliphatic heterocycles. The second kappa shape index (κ2) is 3.43. The van der Waals surface area contributed by atoms with E-state index in [0.29, 0.717) is 11.7 Å². The number of aryl methyl sites for hydroxylation is 1. The maximum atomic E-state index is 5.89. The number of hydrogen-bond acceptors (Lipinski definition) is 5. The van der Waals surface area contributed by atoms with Crippen LogP contribution < -0.4 is 5.73 Å². The first-order valence-corrected chi connectivity index (χ1v) is 4.45. The van der Waals surface area contributed by atoms with Crippen LogP contribution in [0.4, 0.5) is 0 Å². The van der Waals surface area contributed by atoms with Crippen molar-refractivity contribution in [2.24, 2.45) is 5.73 Å². The summed E-state index contributed by atoms with van der Waals surface area (Å²) in [6.07, 6.45) is 2.08. The molecule has 0 aliphatic carbocycles. The Kier molecular flexibility index (Phi) is 2.28. The van der Waals surface area contributed by atoms with Crippen LogP contribution in [0.15, 0.2) is 4.52 Å². The highest BCUT2D eigenvalue weighted by molar-refractivity contribution is 4.94. The van der Waals surface area contributed by atoms with Gasteiger partial charge in [-0.3, -0.25) is 0 Å². The van der Waals surface area contributed by atoms with Crippen LogP contribution in [0, 0.1) is 6.92 Å². The van der Waals surface area contributed by atoms with Crippen LogP contribution in [0.25, 0.3) is 0 Å². The molecule has 13 heavy (non-hydrogen) atoms. The van der Waals surface area contributed by atoms with Crippen molar-refractivity contribution in [2.75, 3.05) is 6.61 Å². The van der Waals surface area contributed by atoms with Gasteiger partial charge in [0.1, 0.15) is 6.04 Å². The smallest absolute Gasteiger partial charge is 0.246 e. The molecule has 0 bridgehead atoms. The summed E-state index contributed by atoms with van der Waals surface area (Å²) in [6, 6.07) is -0.274. The normalized spacial score (nSPS) is 24.9. The summed E-state index contributed by atoms with van der Waals surface area (Å²) < 4.78 is 10.4. The predicted octanol–water partition coefficient (Wildman–Crippen LogP) is 0.557. The molecule has 0 spiro atoms. The fraction of sp³-hybridized carbons (Fsp3) is 0.750.